The first-order valence-corrected chi connectivity index (χ1v) is 9.47. The summed E-state index contributed by atoms with van der Waals surface area (Å²) in [4.78, 5) is 32.5. The lowest BCUT2D eigenvalue weighted by molar-refractivity contribution is -0.115. The maximum absolute atomic E-state index is 13.3. The first kappa shape index (κ1) is 22.3. The molecule has 0 aliphatic carbocycles. The third-order valence-corrected chi connectivity index (χ3v) is 4.37. The topological polar surface area (TPSA) is 160 Å². The second-order valence-corrected chi connectivity index (χ2v) is 6.65. The highest BCUT2D eigenvalue weighted by molar-refractivity contribution is 5.98. The number of nitrogens with zero attached hydrogens (tertiary/aromatic N) is 3. The van der Waals surface area contributed by atoms with E-state index in [9.17, 15) is 14.0 Å². The molecule has 0 spiro atoms. The summed E-state index contributed by atoms with van der Waals surface area (Å²) in [5.41, 5.74) is 4.52. The molecule has 2 aromatic carbocycles. The SMILES string of the molecule is N/N=C(\NN)c1ccc(CNC(=O)c2cc(NC(=O)Cc3cccc(F)c3)ncn2)cc1. The molecule has 0 unspecified atom stereocenters. The Morgan fingerprint density at radius 2 is 1.81 bits per heavy atom. The van der Waals surface area contributed by atoms with Crippen molar-refractivity contribution in [3.8, 4) is 0 Å². The minimum atomic E-state index is -0.440. The number of rotatable bonds is 7. The normalized spacial score (nSPS) is 11.0. The summed E-state index contributed by atoms with van der Waals surface area (Å²) in [7, 11) is 0. The first-order valence-electron chi connectivity index (χ1n) is 9.47. The highest BCUT2D eigenvalue weighted by Crippen LogP contribution is 2.09. The van der Waals surface area contributed by atoms with Crippen LogP contribution in [-0.2, 0) is 17.8 Å². The Balaban J connectivity index is 1.57. The summed E-state index contributed by atoms with van der Waals surface area (Å²) in [5, 5.41) is 8.84. The molecular weight excluding hydrogens is 415 g/mol. The van der Waals surface area contributed by atoms with Gasteiger partial charge in [-0.1, -0.05) is 36.4 Å². The third-order valence-electron chi connectivity index (χ3n) is 4.37. The number of amides is 2. The van der Waals surface area contributed by atoms with Crippen LogP contribution in [0.4, 0.5) is 10.2 Å². The van der Waals surface area contributed by atoms with E-state index in [1.54, 1.807) is 30.3 Å². The monoisotopic (exact) mass is 436 g/mol. The minimum absolute atomic E-state index is 0.0322. The Hall–Kier alpha value is -4.38. The predicted octanol–water partition coefficient (Wildman–Crippen LogP) is 0.811. The summed E-state index contributed by atoms with van der Waals surface area (Å²) >= 11 is 0. The average Bonchev–Trinajstić information content (AvgIpc) is 2.79. The van der Waals surface area contributed by atoms with E-state index in [1.807, 2.05) is 0 Å². The van der Waals surface area contributed by atoms with Gasteiger partial charge in [-0.25, -0.2) is 20.2 Å². The van der Waals surface area contributed by atoms with E-state index in [0.29, 0.717) is 17.0 Å². The number of hydrazone groups is 1. The number of nitrogens with one attached hydrogen (secondary N) is 3. The molecule has 7 N–H and O–H groups in total. The zero-order valence-electron chi connectivity index (χ0n) is 16.9. The highest BCUT2D eigenvalue weighted by Gasteiger charge is 2.11. The van der Waals surface area contributed by atoms with Crippen molar-refractivity contribution in [2.45, 2.75) is 13.0 Å². The molecule has 1 aromatic heterocycles. The van der Waals surface area contributed by atoms with Gasteiger partial charge in [0.25, 0.3) is 5.91 Å². The van der Waals surface area contributed by atoms with Crippen LogP contribution in [-0.4, -0.2) is 27.6 Å². The standard InChI is InChI=1S/C21H21FN8O2/c22-16-3-1-2-14(8-16)9-19(31)28-18-10-17(26-12-27-18)21(32)25-11-13-4-6-15(7-5-13)20(29-23)30-24/h1-8,10,12H,9,11,23-24H2,(H,25,32)(H,29,30)(H,26,27,28,31). The summed E-state index contributed by atoms with van der Waals surface area (Å²) in [6, 6.07) is 14.2. The van der Waals surface area contributed by atoms with Gasteiger partial charge in [0.2, 0.25) is 5.91 Å². The lowest BCUT2D eigenvalue weighted by Crippen LogP contribution is -2.32. The van der Waals surface area contributed by atoms with E-state index < -0.39 is 17.6 Å². The van der Waals surface area contributed by atoms with Crippen molar-refractivity contribution >= 4 is 23.5 Å². The van der Waals surface area contributed by atoms with Crippen LogP contribution in [0, 0.1) is 5.82 Å². The highest BCUT2D eigenvalue weighted by atomic mass is 19.1. The number of amidine groups is 1. The second kappa shape index (κ2) is 10.6. The van der Waals surface area contributed by atoms with Crippen LogP contribution in [0.2, 0.25) is 0 Å². The van der Waals surface area contributed by atoms with E-state index in [2.05, 4.69) is 31.1 Å². The molecule has 1 heterocycles. The van der Waals surface area contributed by atoms with Crippen LogP contribution in [0.1, 0.15) is 27.2 Å². The van der Waals surface area contributed by atoms with Gasteiger partial charge in [-0.2, -0.15) is 5.10 Å². The van der Waals surface area contributed by atoms with Gasteiger partial charge < -0.3 is 21.9 Å². The second-order valence-electron chi connectivity index (χ2n) is 6.65. The van der Waals surface area contributed by atoms with Crippen molar-refractivity contribution in [3.63, 3.8) is 0 Å². The Bertz CT molecular complexity index is 1130. The van der Waals surface area contributed by atoms with Gasteiger partial charge in [0.05, 0.1) is 6.42 Å². The molecule has 2 amide bonds. The number of anilines is 1. The number of hydrazine groups is 1. The number of nitrogens with two attached hydrogens (primary N) is 2. The largest absolute Gasteiger partial charge is 0.347 e. The Kier molecular flexibility index (Phi) is 7.38. The molecule has 0 atom stereocenters. The Labute approximate surface area is 182 Å². The van der Waals surface area contributed by atoms with Gasteiger partial charge in [-0.05, 0) is 23.3 Å². The number of carbonyl (C=O) groups is 2. The summed E-state index contributed by atoms with van der Waals surface area (Å²) < 4.78 is 13.3. The fourth-order valence-electron chi connectivity index (χ4n) is 2.82. The molecule has 0 radical (unpaired) electrons. The molecule has 0 fully saturated rings. The quantitative estimate of drug-likeness (QED) is 0.158. The van der Waals surface area contributed by atoms with Crippen LogP contribution >= 0.6 is 0 Å². The molecule has 11 heteroatoms. The average molecular weight is 436 g/mol. The van der Waals surface area contributed by atoms with Crippen molar-refractivity contribution in [2.75, 3.05) is 5.32 Å². The molecule has 10 nitrogen and oxygen atoms in total. The molecular formula is C21H21FN8O2. The zero-order valence-corrected chi connectivity index (χ0v) is 16.9. The van der Waals surface area contributed by atoms with Gasteiger partial charge in [0, 0.05) is 18.2 Å². The van der Waals surface area contributed by atoms with Crippen LogP contribution in [0.5, 0.6) is 0 Å². The fourth-order valence-corrected chi connectivity index (χ4v) is 2.82. The van der Waals surface area contributed by atoms with Gasteiger partial charge in [-0.3, -0.25) is 9.59 Å². The van der Waals surface area contributed by atoms with Crippen molar-refractivity contribution in [2.24, 2.45) is 16.8 Å². The smallest absolute Gasteiger partial charge is 0.270 e. The summed E-state index contributed by atoms with van der Waals surface area (Å²) in [6.07, 6.45) is 1.14. The van der Waals surface area contributed by atoms with E-state index >= 15 is 0 Å². The minimum Gasteiger partial charge on any atom is -0.347 e. The molecule has 0 saturated carbocycles. The lowest BCUT2D eigenvalue weighted by atomic mass is 10.1. The van der Waals surface area contributed by atoms with Gasteiger partial charge in [-0.15, -0.1) is 0 Å². The Morgan fingerprint density at radius 3 is 2.50 bits per heavy atom. The van der Waals surface area contributed by atoms with Gasteiger partial charge in [0.15, 0.2) is 5.84 Å². The molecule has 3 rings (SSSR count). The van der Waals surface area contributed by atoms with Crippen molar-refractivity contribution in [3.05, 3.63) is 89.1 Å². The maximum atomic E-state index is 13.3. The Morgan fingerprint density at radius 1 is 1.03 bits per heavy atom. The number of benzene rings is 2. The molecule has 0 bridgehead atoms. The van der Waals surface area contributed by atoms with Crippen LogP contribution in [0.25, 0.3) is 0 Å². The van der Waals surface area contributed by atoms with Crippen molar-refractivity contribution in [1.82, 2.24) is 20.7 Å². The third kappa shape index (κ3) is 6.06. The molecule has 32 heavy (non-hydrogen) atoms. The summed E-state index contributed by atoms with van der Waals surface area (Å²) in [6.45, 7) is 0.246. The first-order chi connectivity index (χ1) is 15.5. The number of hydrogen-bond acceptors (Lipinski definition) is 7. The summed E-state index contributed by atoms with van der Waals surface area (Å²) in [5.74, 6) is 9.81. The molecule has 0 aliphatic rings. The van der Waals surface area contributed by atoms with Crippen molar-refractivity contribution in [1.29, 1.82) is 0 Å². The molecule has 0 aliphatic heterocycles. The molecule has 3 aromatic rings. The number of carbonyl (C=O) groups excluding carboxylic acids is 2. The fraction of sp³-hybridized carbons (Fsp3) is 0.0952. The van der Waals surface area contributed by atoms with E-state index in [1.165, 1.54) is 30.6 Å². The molecule has 164 valence electrons. The molecule has 0 saturated heterocycles. The van der Waals surface area contributed by atoms with Crippen LogP contribution in [0.15, 0.2) is 66.0 Å². The van der Waals surface area contributed by atoms with Crippen LogP contribution in [0.3, 0.4) is 0 Å². The predicted molar refractivity (Wildman–Crippen MR) is 116 cm³/mol. The van der Waals surface area contributed by atoms with E-state index in [-0.39, 0.29) is 24.5 Å². The van der Waals surface area contributed by atoms with Crippen molar-refractivity contribution < 1.29 is 14.0 Å². The van der Waals surface area contributed by atoms with Gasteiger partial charge >= 0.3 is 0 Å². The lowest BCUT2D eigenvalue weighted by Gasteiger charge is -2.08. The number of aromatic nitrogens is 2. The number of halogens is 1. The maximum Gasteiger partial charge on any atom is 0.270 e. The van der Waals surface area contributed by atoms with Crippen LogP contribution < -0.4 is 27.7 Å². The zero-order chi connectivity index (χ0) is 22.9. The van der Waals surface area contributed by atoms with E-state index in [4.69, 9.17) is 11.7 Å². The van der Waals surface area contributed by atoms with Gasteiger partial charge in [0.1, 0.15) is 23.7 Å². The number of hydrogen-bond donors (Lipinski definition) is 5. The van der Waals surface area contributed by atoms with E-state index in [0.717, 1.165) is 5.56 Å².